The quantitative estimate of drug-likeness (QED) is 0.562. The average molecular weight is 441 g/mol. The van der Waals surface area contributed by atoms with E-state index in [0.29, 0.717) is 24.5 Å². The number of ether oxygens (including phenoxy) is 2. The second kappa shape index (κ2) is 12.1. The molecule has 0 saturated heterocycles. The number of carbonyl (C=O) groups is 2. The second-order valence-electron chi connectivity index (χ2n) is 8.23. The van der Waals surface area contributed by atoms with E-state index in [-0.39, 0.29) is 24.5 Å². The zero-order valence-corrected chi connectivity index (χ0v) is 20.1. The Bertz CT molecular complexity index is 892. The number of hydrogen-bond acceptors (Lipinski definition) is 4. The number of nitrogens with zero attached hydrogens (tertiary/aromatic N) is 1. The van der Waals surface area contributed by atoms with Gasteiger partial charge in [-0.1, -0.05) is 32.0 Å². The van der Waals surface area contributed by atoms with Gasteiger partial charge in [-0.2, -0.15) is 0 Å². The fourth-order valence-corrected chi connectivity index (χ4v) is 3.57. The second-order valence-corrected chi connectivity index (χ2v) is 8.23. The summed E-state index contributed by atoms with van der Waals surface area (Å²) in [5, 5.41) is 3.01. The zero-order valence-electron chi connectivity index (χ0n) is 20.1. The third-order valence-electron chi connectivity index (χ3n) is 5.43. The summed E-state index contributed by atoms with van der Waals surface area (Å²) in [6, 6.07) is 12.8. The van der Waals surface area contributed by atoms with E-state index >= 15 is 0 Å². The summed E-state index contributed by atoms with van der Waals surface area (Å²) in [7, 11) is 1.61. The third-order valence-corrected chi connectivity index (χ3v) is 5.43. The highest BCUT2D eigenvalue weighted by Gasteiger charge is 2.29. The van der Waals surface area contributed by atoms with Gasteiger partial charge in [-0.25, -0.2) is 0 Å². The summed E-state index contributed by atoms with van der Waals surface area (Å²) in [4.78, 5) is 27.9. The minimum atomic E-state index is -0.592. The highest BCUT2D eigenvalue weighted by atomic mass is 16.5. The molecule has 0 aromatic heterocycles. The molecule has 32 heavy (non-hydrogen) atoms. The predicted octanol–water partition coefficient (Wildman–Crippen LogP) is 4.41. The smallest absolute Gasteiger partial charge is 0.261 e. The van der Waals surface area contributed by atoms with Gasteiger partial charge in [-0.15, -0.1) is 0 Å². The Balaban J connectivity index is 2.25. The molecule has 6 heteroatoms. The van der Waals surface area contributed by atoms with E-state index in [4.69, 9.17) is 9.47 Å². The third kappa shape index (κ3) is 7.29. The molecule has 2 atom stereocenters. The van der Waals surface area contributed by atoms with Crippen molar-refractivity contribution in [2.45, 2.75) is 66.1 Å². The van der Waals surface area contributed by atoms with E-state index in [0.717, 1.165) is 23.1 Å². The molecule has 174 valence electrons. The van der Waals surface area contributed by atoms with Crippen LogP contribution in [0.5, 0.6) is 11.5 Å². The average Bonchev–Trinajstić information content (AvgIpc) is 2.76. The van der Waals surface area contributed by atoms with Gasteiger partial charge in [0.05, 0.1) is 7.11 Å². The van der Waals surface area contributed by atoms with Gasteiger partial charge >= 0.3 is 0 Å². The van der Waals surface area contributed by atoms with Gasteiger partial charge in [0.1, 0.15) is 17.5 Å². The van der Waals surface area contributed by atoms with Gasteiger partial charge in [0, 0.05) is 12.6 Å². The van der Waals surface area contributed by atoms with Crippen molar-refractivity contribution in [3.63, 3.8) is 0 Å². The number of rotatable bonds is 11. The molecule has 2 aromatic carbocycles. The van der Waals surface area contributed by atoms with Gasteiger partial charge in [0.25, 0.3) is 5.91 Å². The fraction of sp³-hybridized carbons (Fsp3) is 0.462. The van der Waals surface area contributed by atoms with E-state index in [9.17, 15) is 9.59 Å². The summed E-state index contributed by atoms with van der Waals surface area (Å²) in [5.74, 6) is 0.968. The first-order valence-electron chi connectivity index (χ1n) is 11.2. The Morgan fingerprint density at radius 3 is 2.28 bits per heavy atom. The van der Waals surface area contributed by atoms with Crippen LogP contribution in [-0.2, 0) is 16.1 Å². The van der Waals surface area contributed by atoms with Crippen molar-refractivity contribution in [1.29, 1.82) is 0 Å². The Hall–Kier alpha value is -3.02. The molecular weight excluding hydrogens is 404 g/mol. The van der Waals surface area contributed by atoms with E-state index in [1.807, 2.05) is 71.0 Å². The minimum absolute atomic E-state index is 0.0387. The normalized spacial score (nSPS) is 12.6. The van der Waals surface area contributed by atoms with Gasteiger partial charge in [0.15, 0.2) is 6.61 Å². The molecule has 1 N–H and O–H groups in total. The van der Waals surface area contributed by atoms with Crippen LogP contribution in [0.15, 0.2) is 42.5 Å². The van der Waals surface area contributed by atoms with Crippen molar-refractivity contribution in [2.24, 2.45) is 0 Å². The van der Waals surface area contributed by atoms with Crippen LogP contribution in [0.4, 0.5) is 0 Å². The highest BCUT2D eigenvalue weighted by Crippen LogP contribution is 2.19. The maximum atomic E-state index is 13.3. The molecule has 2 unspecified atom stereocenters. The molecule has 0 fully saturated rings. The van der Waals surface area contributed by atoms with Gasteiger partial charge in [-0.3, -0.25) is 9.59 Å². The fourth-order valence-electron chi connectivity index (χ4n) is 3.57. The lowest BCUT2D eigenvalue weighted by Crippen LogP contribution is -2.51. The monoisotopic (exact) mass is 440 g/mol. The number of nitrogens with one attached hydrogen (secondary N) is 1. The number of hydrogen-bond donors (Lipinski definition) is 1. The summed E-state index contributed by atoms with van der Waals surface area (Å²) in [6.45, 7) is 10.0. The zero-order chi connectivity index (χ0) is 23.7. The number of amides is 2. The number of methoxy groups -OCH3 is 1. The van der Waals surface area contributed by atoms with E-state index in [2.05, 4.69) is 11.4 Å². The van der Waals surface area contributed by atoms with Gasteiger partial charge in [0.2, 0.25) is 5.91 Å². The van der Waals surface area contributed by atoms with Crippen LogP contribution < -0.4 is 14.8 Å². The molecule has 0 aliphatic heterocycles. The summed E-state index contributed by atoms with van der Waals surface area (Å²) in [6.07, 6.45) is 1.32. The van der Waals surface area contributed by atoms with Crippen molar-refractivity contribution in [2.75, 3.05) is 13.7 Å². The van der Waals surface area contributed by atoms with Crippen LogP contribution in [0.3, 0.4) is 0 Å². The molecule has 0 saturated carbocycles. The maximum Gasteiger partial charge on any atom is 0.261 e. The lowest BCUT2D eigenvalue weighted by Gasteiger charge is -2.31. The molecule has 0 spiro atoms. The number of benzene rings is 2. The molecule has 0 aliphatic rings. The van der Waals surface area contributed by atoms with Crippen LogP contribution in [-0.4, -0.2) is 42.5 Å². The molecule has 0 aliphatic carbocycles. The molecule has 2 aromatic rings. The minimum Gasteiger partial charge on any atom is -0.497 e. The van der Waals surface area contributed by atoms with Crippen molar-refractivity contribution >= 4 is 11.8 Å². The molecule has 0 radical (unpaired) electrons. The molecular formula is C26H36N2O4. The Labute approximate surface area is 191 Å². The first kappa shape index (κ1) is 25.2. The first-order valence-corrected chi connectivity index (χ1v) is 11.2. The molecule has 2 rings (SSSR count). The largest absolute Gasteiger partial charge is 0.497 e. The Morgan fingerprint density at radius 1 is 1.00 bits per heavy atom. The van der Waals surface area contributed by atoms with Crippen molar-refractivity contribution < 1.29 is 19.1 Å². The SMILES string of the molecule is CCC(C)NC(=O)C(CC)N(Cc1cccc(OC)c1)C(=O)COc1cc(C)cc(C)c1. The molecule has 0 heterocycles. The Morgan fingerprint density at radius 2 is 1.69 bits per heavy atom. The molecule has 2 amide bonds. The van der Waals surface area contributed by atoms with Gasteiger partial charge < -0.3 is 19.7 Å². The van der Waals surface area contributed by atoms with Crippen LogP contribution in [0.1, 0.15) is 50.3 Å². The Kier molecular flexibility index (Phi) is 9.57. The van der Waals surface area contributed by atoms with Crippen LogP contribution in [0, 0.1) is 13.8 Å². The van der Waals surface area contributed by atoms with Crippen molar-refractivity contribution in [3.05, 3.63) is 59.2 Å². The highest BCUT2D eigenvalue weighted by molar-refractivity contribution is 5.88. The van der Waals surface area contributed by atoms with Crippen molar-refractivity contribution in [1.82, 2.24) is 10.2 Å². The number of carbonyl (C=O) groups excluding carboxylic acids is 2. The standard InChI is InChI=1S/C26H36N2O4/c1-7-20(5)27-26(30)24(8-2)28(16-21-10-9-11-22(15-21)31-6)25(29)17-32-23-13-18(3)12-19(4)14-23/h9-15,20,24H,7-8,16-17H2,1-6H3,(H,27,30). The predicted molar refractivity (Wildman–Crippen MR) is 127 cm³/mol. The first-order chi connectivity index (χ1) is 15.3. The van der Waals surface area contributed by atoms with E-state index in [1.165, 1.54) is 0 Å². The summed E-state index contributed by atoms with van der Waals surface area (Å²) in [5.41, 5.74) is 3.03. The van der Waals surface area contributed by atoms with Crippen molar-refractivity contribution in [3.8, 4) is 11.5 Å². The summed E-state index contributed by atoms with van der Waals surface area (Å²) >= 11 is 0. The molecule has 0 bridgehead atoms. The van der Waals surface area contributed by atoms with Gasteiger partial charge in [-0.05, 0) is 74.6 Å². The van der Waals surface area contributed by atoms with E-state index in [1.54, 1.807) is 12.0 Å². The topological polar surface area (TPSA) is 67.9 Å². The lowest BCUT2D eigenvalue weighted by molar-refractivity contribution is -0.143. The lowest BCUT2D eigenvalue weighted by atomic mass is 10.1. The van der Waals surface area contributed by atoms with E-state index < -0.39 is 6.04 Å². The maximum absolute atomic E-state index is 13.3. The van der Waals surface area contributed by atoms with Crippen LogP contribution >= 0.6 is 0 Å². The van der Waals surface area contributed by atoms with Crippen LogP contribution in [0.25, 0.3) is 0 Å². The van der Waals surface area contributed by atoms with Crippen LogP contribution in [0.2, 0.25) is 0 Å². The molecule has 6 nitrogen and oxygen atoms in total. The summed E-state index contributed by atoms with van der Waals surface area (Å²) < 4.78 is 11.1. The number of aryl methyl sites for hydroxylation is 2.